The zero-order valence-electron chi connectivity index (χ0n) is 15.7. The average Bonchev–Trinajstić information content (AvgIpc) is 2.67. The fraction of sp³-hybridized carbons (Fsp3) is 0.286. The highest BCUT2D eigenvalue weighted by molar-refractivity contribution is 5.98. The van der Waals surface area contributed by atoms with Gasteiger partial charge in [0, 0.05) is 20.0 Å². The number of likely N-dealkylation sites (N-methyl/N-ethyl adjacent to an activating group) is 1. The fourth-order valence-corrected chi connectivity index (χ4v) is 2.50. The van der Waals surface area contributed by atoms with Crippen molar-refractivity contribution in [1.29, 1.82) is 0 Å². The quantitative estimate of drug-likeness (QED) is 0.513. The Labute approximate surface area is 161 Å². The van der Waals surface area contributed by atoms with Gasteiger partial charge in [0.2, 0.25) is 0 Å². The number of esters is 1. The molecule has 28 heavy (non-hydrogen) atoms. The van der Waals surface area contributed by atoms with Gasteiger partial charge in [-0.1, -0.05) is 31.2 Å². The Morgan fingerprint density at radius 1 is 1.04 bits per heavy atom. The van der Waals surface area contributed by atoms with Crippen molar-refractivity contribution in [2.24, 2.45) is 5.92 Å². The number of amides is 1. The molecule has 0 bridgehead atoms. The third-order valence-corrected chi connectivity index (χ3v) is 4.16. The molecule has 7 heteroatoms. The number of carbonyl (C=O) groups excluding carboxylic acids is 3. The van der Waals surface area contributed by atoms with Gasteiger partial charge in [-0.3, -0.25) is 14.4 Å². The zero-order valence-corrected chi connectivity index (χ0v) is 15.7. The van der Waals surface area contributed by atoms with E-state index in [0.717, 1.165) is 5.56 Å². The fourth-order valence-electron chi connectivity index (χ4n) is 2.50. The van der Waals surface area contributed by atoms with Gasteiger partial charge in [-0.2, -0.15) is 0 Å². The molecular formula is C21H21F2NO4. The van der Waals surface area contributed by atoms with Gasteiger partial charge in [-0.25, -0.2) is 8.78 Å². The predicted octanol–water partition coefficient (Wildman–Crippen LogP) is 3.38. The lowest BCUT2D eigenvalue weighted by molar-refractivity contribution is -0.154. The summed E-state index contributed by atoms with van der Waals surface area (Å²) in [6.45, 7) is 1.24. The Balaban J connectivity index is 1.81. The Bertz CT molecular complexity index is 852. The average molecular weight is 389 g/mol. The number of carbonyl (C=O) groups is 3. The van der Waals surface area contributed by atoms with Gasteiger partial charge in [-0.05, 0) is 29.8 Å². The number of benzene rings is 2. The SMILES string of the molecule is CC(CC(=O)c1ccccc1F)C(=O)OCC(=O)N(C)Cc1ccc(F)cc1. The molecule has 0 heterocycles. The number of hydrogen-bond donors (Lipinski definition) is 0. The van der Waals surface area contributed by atoms with E-state index in [9.17, 15) is 23.2 Å². The normalized spacial score (nSPS) is 11.6. The molecule has 2 rings (SSSR count). The van der Waals surface area contributed by atoms with E-state index in [1.807, 2.05) is 0 Å². The summed E-state index contributed by atoms with van der Waals surface area (Å²) in [4.78, 5) is 37.6. The molecule has 0 aliphatic rings. The monoisotopic (exact) mass is 389 g/mol. The molecule has 0 N–H and O–H groups in total. The highest BCUT2D eigenvalue weighted by Crippen LogP contribution is 2.14. The maximum absolute atomic E-state index is 13.6. The molecule has 0 radical (unpaired) electrons. The summed E-state index contributed by atoms with van der Waals surface area (Å²) in [6.07, 6.45) is -0.223. The number of Topliss-reactive ketones (excluding diaryl/α,β-unsaturated/α-hetero) is 1. The Hall–Kier alpha value is -3.09. The minimum Gasteiger partial charge on any atom is -0.455 e. The lowest BCUT2D eigenvalue weighted by Gasteiger charge is -2.18. The van der Waals surface area contributed by atoms with E-state index in [1.54, 1.807) is 12.1 Å². The smallest absolute Gasteiger partial charge is 0.309 e. The van der Waals surface area contributed by atoms with Crippen LogP contribution in [0.25, 0.3) is 0 Å². The van der Waals surface area contributed by atoms with Crippen molar-refractivity contribution in [2.45, 2.75) is 19.9 Å². The first-order valence-electron chi connectivity index (χ1n) is 8.70. The third kappa shape index (κ3) is 5.97. The molecule has 0 saturated heterocycles. The second-order valence-electron chi connectivity index (χ2n) is 6.49. The number of hydrogen-bond acceptors (Lipinski definition) is 4. The van der Waals surface area contributed by atoms with Crippen molar-refractivity contribution in [1.82, 2.24) is 4.90 Å². The minimum absolute atomic E-state index is 0.0859. The second kappa shape index (κ2) is 9.73. The number of ether oxygens (including phenoxy) is 1. The summed E-state index contributed by atoms with van der Waals surface area (Å²) in [6, 6.07) is 11.2. The summed E-state index contributed by atoms with van der Waals surface area (Å²) >= 11 is 0. The zero-order chi connectivity index (χ0) is 20.7. The van der Waals surface area contributed by atoms with Crippen molar-refractivity contribution in [3.63, 3.8) is 0 Å². The molecule has 0 spiro atoms. The summed E-state index contributed by atoms with van der Waals surface area (Å²) in [5.74, 6) is -3.50. The Morgan fingerprint density at radius 2 is 1.68 bits per heavy atom. The molecule has 1 atom stereocenters. The molecule has 5 nitrogen and oxygen atoms in total. The first-order valence-corrected chi connectivity index (χ1v) is 8.70. The van der Waals surface area contributed by atoms with Gasteiger partial charge in [0.1, 0.15) is 11.6 Å². The van der Waals surface area contributed by atoms with E-state index >= 15 is 0 Å². The lowest BCUT2D eigenvalue weighted by atomic mass is 9.99. The van der Waals surface area contributed by atoms with Gasteiger partial charge in [0.05, 0.1) is 11.5 Å². The molecule has 1 unspecified atom stereocenters. The molecular weight excluding hydrogens is 368 g/mol. The summed E-state index contributed by atoms with van der Waals surface area (Å²) in [5.41, 5.74) is 0.643. The summed E-state index contributed by atoms with van der Waals surface area (Å²) in [5, 5.41) is 0. The molecule has 0 aliphatic heterocycles. The van der Waals surface area contributed by atoms with Crippen LogP contribution >= 0.6 is 0 Å². The van der Waals surface area contributed by atoms with E-state index in [-0.39, 0.29) is 24.3 Å². The van der Waals surface area contributed by atoms with Crippen LogP contribution in [0.15, 0.2) is 48.5 Å². The van der Waals surface area contributed by atoms with Crippen molar-refractivity contribution < 1.29 is 27.9 Å². The van der Waals surface area contributed by atoms with Crippen LogP contribution in [-0.4, -0.2) is 36.2 Å². The van der Waals surface area contributed by atoms with E-state index in [1.165, 1.54) is 55.3 Å². The Morgan fingerprint density at radius 3 is 2.32 bits per heavy atom. The highest BCUT2D eigenvalue weighted by Gasteiger charge is 2.22. The van der Waals surface area contributed by atoms with Crippen LogP contribution in [0, 0.1) is 17.6 Å². The maximum atomic E-state index is 13.6. The molecule has 0 saturated carbocycles. The number of ketones is 1. The van der Waals surface area contributed by atoms with Crippen molar-refractivity contribution in [2.75, 3.05) is 13.7 Å². The number of rotatable bonds is 8. The van der Waals surface area contributed by atoms with Crippen LogP contribution in [0.1, 0.15) is 29.3 Å². The van der Waals surface area contributed by atoms with Crippen LogP contribution in [0.4, 0.5) is 8.78 Å². The lowest BCUT2D eigenvalue weighted by Crippen LogP contribution is -2.32. The van der Waals surface area contributed by atoms with Gasteiger partial charge in [-0.15, -0.1) is 0 Å². The van der Waals surface area contributed by atoms with Gasteiger partial charge < -0.3 is 9.64 Å². The van der Waals surface area contributed by atoms with E-state index in [2.05, 4.69) is 0 Å². The predicted molar refractivity (Wildman–Crippen MR) is 98.3 cm³/mol. The topological polar surface area (TPSA) is 63.7 Å². The van der Waals surface area contributed by atoms with Gasteiger partial charge in [0.25, 0.3) is 5.91 Å². The molecule has 1 amide bonds. The number of halogens is 2. The van der Waals surface area contributed by atoms with Gasteiger partial charge in [0.15, 0.2) is 12.4 Å². The summed E-state index contributed by atoms with van der Waals surface area (Å²) in [7, 11) is 1.53. The van der Waals surface area contributed by atoms with E-state index < -0.39 is 36.0 Å². The van der Waals surface area contributed by atoms with Crippen LogP contribution < -0.4 is 0 Å². The third-order valence-electron chi connectivity index (χ3n) is 4.16. The molecule has 0 fully saturated rings. The second-order valence-corrected chi connectivity index (χ2v) is 6.49. The molecule has 2 aromatic rings. The molecule has 0 aliphatic carbocycles. The molecule has 0 aromatic heterocycles. The Kier molecular flexibility index (Phi) is 7.37. The first-order chi connectivity index (χ1) is 13.3. The number of nitrogens with zero attached hydrogens (tertiary/aromatic N) is 1. The van der Waals surface area contributed by atoms with Crippen molar-refractivity contribution in [3.05, 3.63) is 71.3 Å². The van der Waals surface area contributed by atoms with Crippen LogP contribution in [-0.2, 0) is 20.9 Å². The largest absolute Gasteiger partial charge is 0.455 e. The van der Waals surface area contributed by atoms with Crippen LogP contribution in [0.2, 0.25) is 0 Å². The van der Waals surface area contributed by atoms with Crippen LogP contribution in [0.3, 0.4) is 0 Å². The van der Waals surface area contributed by atoms with Crippen LogP contribution in [0.5, 0.6) is 0 Å². The standard InChI is InChI=1S/C21H21F2NO4/c1-14(11-19(25)17-5-3-4-6-18(17)23)21(27)28-13-20(26)24(2)12-15-7-9-16(22)10-8-15/h3-10,14H,11-13H2,1-2H3. The van der Waals surface area contributed by atoms with E-state index in [0.29, 0.717) is 0 Å². The minimum atomic E-state index is -0.817. The molecule has 148 valence electrons. The highest BCUT2D eigenvalue weighted by atomic mass is 19.1. The van der Waals surface area contributed by atoms with Crippen molar-refractivity contribution >= 4 is 17.7 Å². The van der Waals surface area contributed by atoms with Crippen molar-refractivity contribution in [3.8, 4) is 0 Å². The summed E-state index contributed by atoms with van der Waals surface area (Å²) < 4.78 is 31.5. The van der Waals surface area contributed by atoms with Gasteiger partial charge >= 0.3 is 5.97 Å². The van der Waals surface area contributed by atoms with E-state index in [4.69, 9.17) is 4.74 Å². The molecule has 2 aromatic carbocycles. The first kappa shape index (κ1) is 21.2. The maximum Gasteiger partial charge on any atom is 0.309 e.